The topological polar surface area (TPSA) is 160 Å². The first-order chi connectivity index (χ1) is 35.4. The molecule has 7 heterocycles. The third-order valence-corrected chi connectivity index (χ3v) is 16.2. The fourth-order valence-electron chi connectivity index (χ4n) is 10.1. The summed E-state index contributed by atoms with van der Waals surface area (Å²) < 4.78 is 58.3. The van der Waals surface area contributed by atoms with Gasteiger partial charge in [0.15, 0.2) is 5.75 Å². The Morgan fingerprint density at radius 2 is 1.67 bits per heavy atom. The Balaban J connectivity index is 0.977. The highest BCUT2D eigenvalue weighted by atomic mass is 35.5. The molecule has 19 heteroatoms. The number of aliphatic carboxylic acids is 1. The number of piperazine rings is 1. The zero-order valence-corrected chi connectivity index (χ0v) is 43.4. The highest BCUT2D eigenvalue weighted by molar-refractivity contribution is 7.22. The predicted molar refractivity (Wildman–Crippen MR) is 276 cm³/mol. The third kappa shape index (κ3) is 11.8. The number of thiophene rings is 1. The van der Waals surface area contributed by atoms with Crippen LogP contribution in [0.15, 0.2) is 61.1 Å². The quantitative estimate of drug-likeness (QED) is 0.131. The van der Waals surface area contributed by atoms with Gasteiger partial charge in [-0.3, -0.25) is 4.90 Å². The summed E-state index contributed by atoms with van der Waals surface area (Å²) in [5.41, 5.74) is 4.56. The fraction of sp³-hybridized carbons (Fsp3) is 0.463. The van der Waals surface area contributed by atoms with Crippen molar-refractivity contribution in [3.05, 3.63) is 105 Å². The Labute approximate surface area is 437 Å². The van der Waals surface area contributed by atoms with Gasteiger partial charge in [-0.2, -0.15) is 0 Å². The summed E-state index contributed by atoms with van der Waals surface area (Å²) in [6.07, 6.45) is 5.35. The van der Waals surface area contributed by atoms with Gasteiger partial charge in [-0.15, -0.1) is 11.3 Å². The van der Waals surface area contributed by atoms with E-state index in [0.29, 0.717) is 121 Å². The van der Waals surface area contributed by atoms with Crippen LogP contribution in [0.25, 0.3) is 31.8 Å². The summed E-state index contributed by atoms with van der Waals surface area (Å²) in [6.45, 7) is 10.7. The van der Waals surface area contributed by atoms with Gasteiger partial charge in [0.05, 0.1) is 60.3 Å². The van der Waals surface area contributed by atoms with E-state index in [2.05, 4.69) is 31.8 Å². The second-order valence-corrected chi connectivity index (χ2v) is 21.0. The van der Waals surface area contributed by atoms with Crippen LogP contribution in [0, 0.1) is 19.7 Å². The summed E-state index contributed by atoms with van der Waals surface area (Å²) in [6, 6.07) is 13.4. The van der Waals surface area contributed by atoms with E-state index in [1.807, 2.05) is 26.0 Å². The lowest BCUT2D eigenvalue weighted by Crippen LogP contribution is -2.48. The van der Waals surface area contributed by atoms with Gasteiger partial charge in [-0.05, 0) is 105 Å². The molecule has 386 valence electrons. The van der Waals surface area contributed by atoms with Crippen LogP contribution >= 0.6 is 34.5 Å². The van der Waals surface area contributed by atoms with Gasteiger partial charge in [0, 0.05) is 73.7 Å². The van der Waals surface area contributed by atoms with Crippen molar-refractivity contribution in [3.63, 3.8) is 0 Å². The number of hydrogen-bond acceptors (Lipinski definition) is 15. The Kier molecular flexibility index (Phi) is 16.2. The molecule has 1 aliphatic carbocycles. The van der Waals surface area contributed by atoms with E-state index in [4.69, 9.17) is 61.3 Å². The molecule has 3 atom stereocenters. The number of carboxylic acids is 1. The Morgan fingerprint density at radius 1 is 0.890 bits per heavy atom. The number of benzene rings is 3. The highest BCUT2D eigenvalue weighted by Crippen LogP contribution is 2.53. The molecule has 3 fully saturated rings. The summed E-state index contributed by atoms with van der Waals surface area (Å²) in [7, 11) is 2.12. The molecule has 2 saturated heterocycles. The maximum Gasteiger partial charge on any atom is 0.345 e. The molecule has 0 radical (unpaired) electrons. The van der Waals surface area contributed by atoms with Gasteiger partial charge in [-0.25, -0.2) is 29.1 Å². The number of rotatable bonds is 11. The SMILES string of the molecule is Cc1c(Cl)c2c(Cl)c(C)c1-c1c(-c3ccc(F)cc3)sc3ncnc(c13)O[C@@H](C(=O)O)Cc1cc(ccc1OCc1ccnc(C3CCC(OCC4COCCO4)CC3)n1)OCC[C@@H](CN1CCN(C)CC1)O2. The number of aromatic nitrogens is 4. The average Bonchev–Trinajstić information content (AvgIpc) is 3.79. The molecule has 1 saturated carbocycles. The van der Waals surface area contributed by atoms with Crippen molar-refractivity contribution >= 4 is 50.7 Å². The molecule has 5 aliphatic rings. The zero-order chi connectivity index (χ0) is 50.6. The summed E-state index contributed by atoms with van der Waals surface area (Å²) in [5.74, 6) is 0.670. The van der Waals surface area contributed by atoms with Crippen LogP contribution in [0.5, 0.6) is 23.1 Å². The summed E-state index contributed by atoms with van der Waals surface area (Å²) in [5, 5.41) is 12.1. The van der Waals surface area contributed by atoms with E-state index in [0.717, 1.165) is 57.7 Å². The number of ether oxygens (including phenoxy) is 7. The number of carbonyl (C=O) groups is 1. The zero-order valence-electron chi connectivity index (χ0n) is 41.1. The smallest absolute Gasteiger partial charge is 0.345 e. The molecule has 4 aliphatic heterocycles. The van der Waals surface area contributed by atoms with Gasteiger partial charge in [0.2, 0.25) is 12.0 Å². The van der Waals surface area contributed by atoms with Crippen molar-refractivity contribution in [2.24, 2.45) is 0 Å². The van der Waals surface area contributed by atoms with E-state index in [9.17, 15) is 14.3 Å². The lowest BCUT2D eigenvalue weighted by molar-refractivity contribution is -0.145. The third-order valence-electron chi connectivity index (χ3n) is 14.2. The van der Waals surface area contributed by atoms with Gasteiger partial charge in [-0.1, -0.05) is 35.3 Å². The number of nitrogens with zero attached hydrogens (tertiary/aromatic N) is 6. The standard InChI is InChI=1S/C54H59Cl2FN6O9S/c1-31-44-32(2)48(56)49(47(31)55)71-40(26-63-19-17-62(3)18-20-63)15-21-67-39-12-13-42(70-27-37-14-16-58-51(61-37)34-6-10-38(11-7-34)69-29-41-28-66-22-23-68-41)35(24-39)25-43(54(64)65)72-52-46-45(44)50(73-53(46)60-30-59-52)33-4-8-36(57)9-5-33/h4-5,8-9,12-14,16,24,30,34,38,40-41,43H,6-7,10-11,15,17-23,25-29H2,1-3H3,(H,64,65)/t34?,38?,40-,41?,43+/m0/s1. The molecule has 73 heavy (non-hydrogen) atoms. The van der Waals surface area contributed by atoms with Crippen molar-refractivity contribution in [2.75, 3.05) is 72.8 Å². The first-order valence-corrected chi connectivity index (χ1v) is 26.5. The molecule has 4 bridgehead atoms. The highest BCUT2D eigenvalue weighted by Gasteiger charge is 2.33. The fourth-order valence-corrected chi connectivity index (χ4v) is 11.8. The molecule has 1 N–H and O–H groups in total. The Hall–Kier alpha value is -5.24. The summed E-state index contributed by atoms with van der Waals surface area (Å²) in [4.78, 5) is 38.2. The minimum atomic E-state index is -1.46. The predicted octanol–water partition coefficient (Wildman–Crippen LogP) is 9.77. The Bertz CT molecular complexity index is 2880. The van der Waals surface area contributed by atoms with Crippen LogP contribution in [0.4, 0.5) is 4.39 Å². The Morgan fingerprint density at radius 3 is 2.41 bits per heavy atom. The molecule has 0 amide bonds. The van der Waals surface area contributed by atoms with E-state index in [1.165, 1.54) is 29.8 Å². The van der Waals surface area contributed by atoms with Crippen molar-refractivity contribution in [1.29, 1.82) is 0 Å². The molecule has 3 aromatic carbocycles. The van der Waals surface area contributed by atoms with Gasteiger partial charge in [0.25, 0.3) is 0 Å². The van der Waals surface area contributed by atoms with Crippen LogP contribution < -0.4 is 18.9 Å². The number of fused-ring (bicyclic) bond motifs is 8. The van der Waals surface area contributed by atoms with E-state index < -0.39 is 17.9 Å². The van der Waals surface area contributed by atoms with Gasteiger partial charge in [0.1, 0.15) is 53.1 Å². The lowest BCUT2D eigenvalue weighted by atomic mass is 9.86. The van der Waals surface area contributed by atoms with Crippen LogP contribution in [0.1, 0.15) is 66.2 Å². The van der Waals surface area contributed by atoms with Crippen LogP contribution in [-0.4, -0.2) is 138 Å². The normalized spacial score (nSPS) is 22.2. The monoisotopic (exact) mass is 1060 g/mol. The van der Waals surface area contributed by atoms with E-state index >= 15 is 0 Å². The van der Waals surface area contributed by atoms with Crippen molar-refractivity contribution in [2.45, 2.75) is 89.3 Å². The van der Waals surface area contributed by atoms with Crippen LogP contribution in [0.3, 0.4) is 0 Å². The first-order valence-electron chi connectivity index (χ1n) is 25.0. The van der Waals surface area contributed by atoms with Gasteiger partial charge >= 0.3 is 5.97 Å². The van der Waals surface area contributed by atoms with Crippen LogP contribution in [0.2, 0.25) is 10.0 Å². The van der Waals surface area contributed by atoms with E-state index in [1.54, 1.807) is 30.5 Å². The van der Waals surface area contributed by atoms with Crippen molar-refractivity contribution in [3.8, 4) is 44.7 Å². The maximum atomic E-state index is 14.4. The largest absolute Gasteiger partial charge is 0.493 e. The number of halogens is 3. The molecule has 1 unspecified atom stereocenters. The number of likely N-dealkylation sites (N-methyl/N-ethyl adjacent to an activating group) is 1. The minimum Gasteiger partial charge on any atom is -0.493 e. The molecule has 15 nitrogen and oxygen atoms in total. The molecule has 11 rings (SSSR count). The molecule has 3 aromatic heterocycles. The van der Waals surface area contributed by atoms with E-state index in [-0.39, 0.29) is 49.7 Å². The second-order valence-electron chi connectivity index (χ2n) is 19.2. The number of carboxylic acid groups (broad SMARTS) is 1. The maximum absolute atomic E-state index is 14.4. The van der Waals surface area contributed by atoms with Crippen molar-refractivity contribution in [1.82, 2.24) is 29.7 Å². The molecule has 0 spiro atoms. The lowest BCUT2D eigenvalue weighted by Gasteiger charge is -2.35. The number of hydrogen-bond donors (Lipinski definition) is 1. The minimum absolute atomic E-state index is 0.0247. The summed E-state index contributed by atoms with van der Waals surface area (Å²) >= 11 is 16.1. The first kappa shape index (κ1) is 51.3. The molecule has 6 aromatic rings. The average molecular weight is 1060 g/mol. The van der Waals surface area contributed by atoms with Crippen molar-refractivity contribution < 1.29 is 47.4 Å². The second kappa shape index (κ2) is 23.1. The molecular weight excluding hydrogens is 999 g/mol. The van der Waals surface area contributed by atoms with Gasteiger partial charge < -0.3 is 43.2 Å². The van der Waals surface area contributed by atoms with Crippen LogP contribution in [-0.2, 0) is 32.0 Å². The molecular formula is C54H59Cl2FN6O9S.